The third-order valence-corrected chi connectivity index (χ3v) is 4.51. The van der Waals surface area contributed by atoms with Crippen LogP contribution in [0.3, 0.4) is 0 Å². The Kier molecular flexibility index (Phi) is 9.36. The number of alkyl carbamates (subject to hydrolysis) is 1. The predicted octanol–water partition coefficient (Wildman–Crippen LogP) is 2.79. The summed E-state index contributed by atoms with van der Waals surface area (Å²) in [6.45, 7) is 7.20. The summed E-state index contributed by atoms with van der Waals surface area (Å²) in [4.78, 5) is 24.3. The maximum absolute atomic E-state index is 12.2. The molecule has 3 atom stereocenters. The van der Waals surface area contributed by atoms with Crippen LogP contribution in [0.25, 0.3) is 0 Å². The molecule has 7 heteroatoms. The maximum atomic E-state index is 12.2. The number of hydrogen-bond donors (Lipinski definition) is 2. The van der Waals surface area contributed by atoms with Gasteiger partial charge in [0.2, 0.25) is 0 Å². The highest BCUT2D eigenvalue weighted by Crippen LogP contribution is 2.29. The molecule has 0 spiro atoms. The van der Waals surface area contributed by atoms with Crippen molar-refractivity contribution in [1.29, 1.82) is 0 Å². The summed E-state index contributed by atoms with van der Waals surface area (Å²) >= 11 is 0. The van der Waals surface area contributed by atoms with Crippen LogP contribution in [-0.2, 0) is 19.0 Å². The number of carbonyl (C=O) groups is 2. The Hall–Kier alpha value is -1.34. The van der Waals surface area contributed by atoms with Crippen molar-refractivity contribution in [1.82, 2.24) is 5.32 Å². The molecular weight excluding hydrogens is 338 g/mol. The van der Waals surface area contributed by atoms with Gasteiger partial charge in [-0.3, -0.25) is 0 Å². The van der Waals surface area contributed by atoms with Gasteiger partial charge in [0.05, 0.1) is 12.6 Å². The molecule has 0 radical (unpaired) electrons. The first-order valence-corrected chi connectivity index (χ1v) is 9.55. The van der Waals surface area contributed by atoms with Crippen molar-refractivity contribution in [2.75, 3.05) is 13.7 Å². The van der Waals surface area contributed by atoms with Crippen molar-refractivity contribution in [3.63, 3.8) is 0 Å². The molecule has 0 aliphatic heterocycles. The van der Waals surface area contributed by atoms with Crippen LogP contribution in [-0.4, -0.2) is 54.7 Å². The molecule has 3 unspecified atom stereocenters. The highest BCUT2D eigenvalue weighted by molar-refractivity contribution is 5.76. The average molecular weight is 373 g/mol. The second-order valence-electron chi connectivity index (χ2n) is 7.89. The molecule has 2 N–H and O–H groups in total. The molecule has 0 aromatic carbocycles. The molecule has 1 aliphatic carbocycles. The largest absolute Gasteiger partial charge is 0.464 e. The minimum atomic E-state index is -1.21. The number of ether oxygens (including phenoxy) is 3. The number of carbonyl (C=O) groups excluding carboxylic acids is 2. The van der Waals surface area contributed by atoms with Crippen molar-refractivity contribution >= 4 is 12.1 Å². The Bertz CT molecular complexity index is 442. The van der Waals surface area contributed by atoms with E-state index in [0.717, 1.165) is 25.7 Å². The summed E-state index contributed by atoms with van der Waals surface area (Å²) in [5, 5.41) is 13.5. The minimum Gasteiger partial charge on any atom is -0.464 e. The van der Waals surface area contributed by atoms with Crippen LogP contribution in [0.2, 0.25) is 0 Å². The van der Waals surface area contributed by atoms with E-state index in [1.807, 2.05) is 0 Å². The van der Waals surface area contributed by atoms with Crippen molar-refractivity contribution < 1.29 is 28.9 Å². The molecule has 1 rings (SSSR count). The molecule has 0 bridgehead atoms. The summed E-state index contributed by atoms with van der Waals surface area (Å²) in [5.41, 5.74) is -0.647. The van der Waals surface area contributed by atoms with E-state index < -0.39 is 35.9 Å². The minimum absolute atomic E-state index is 0.193. The summed E-state index contributed by atoms with van der Waals surface area (Å²) in [6, 6.07) is -0.651. The van der Waals surface area contributed by atoms with Gasteiger partial charge in [0.15, 0.2) is 6.10 Å². The molecule has 1 amide bonds. The van der Waals surface area contributed by atoms with E-state index in [-0.39, 0.29) is 6.61 Å². The SMILES string of the molecule is CCOC(=O)C(OC)C(O)C(CC1CCCCC1)NC(=O)OC(C)(C)C. The van der Waals surface area contributed by atoms with E-state index in [2.05, 4.69) is 5.32 Å². The lowest BCUT2D eigenvalue weighted by Gasteiger charge is -2.33. The third-order valence-electron chi connectivity index (χ3n) is 4.51. The number of rotatable bonds is 8. The zero-order valence-electron chi connectivity index (χ0n) is 16.7. The van der Waals surface area contributed by atoms with Gasteiger partial charge in [-0.2, -0.15) is 0 Å². The fourth-order valence-electron chi connectivity index (χ4n) is 3.34. The Labute approximate surface area is 156 Å². The predicted molar refractivity (Wildman–Crippen MR) is 97.8 cm³/mol. The highest BCUT2D eigenvalue weighted by atomic mass is 16.6. The Morgan fingerprint density at radius 3 is 2.31 bits per heavy atom. The molecular formula is C19H35NO6. The molecule has 1 fully saturated rings. The summed E-state index contributed by atoms with van der Waals surface area (Å²) in [5.74, 6) is -0.250. The van der Waals surface area contributed by atoms with E-state index >= 15 is 0 Å². The van der Waals surface area contributed by atoms with E-state index in [1.54, 1.807) is 27.7 Å². The molecule has 1 aliphatic rings. The smallest absolute Gasteiger partial charge is 0.407 e. The van der Waals surface area contributed by atoms with E-state index in [1.165, 1.54) is 13.5 Å². The fraction of sp³-hybridized carbons (Fsp3) is 0.895. The lowest BCUT2D eigenvalue weighted by molar-refractivity contribution is -0.163. The molecule has 0 heterocycles. The maximum Gasteiger partial charge on any atom is 0.407 e. The monoisotopic (exact) mass is 373 g/mol. The van der Waals surface area contributed by atoms with E-state index in [0.29, 0.717) is 12.3 Å². The van der Waals surface area contributed by atoms with Gasteiger partial charge in [-0.25, -0.2) is 9.59 Å². The second-order valence-corrected chi connectivity index (χ2v) is 7.89. The number of aliphatic hydroxyl groups excluding tert-OH is 1. The van der Waals surface area contributed by atoms with Gasteiger partial charge in [0, 0.05) is 7.11 Å². The van der Waals surface area contributed by atoms with Crippen molar-refractivity contribution in [3.8, 4) is 0 Å². The van der Waals surface area contributed by atoms with E-state index in [4.69, 9.17) is 14.2 Å². The first-order valence-electron chi connectivity index (χ1n) is 9.55. The topological polar surface area (TPSA) is 94.1 Å². The van der Waals surface area contributed by atoms with Gasteiger partial charge < -0.3 is 24.6 Å². The highest BCUT2D eigenvalue weighted by Gasteiger charge is 2.37. The molecule has 1 saturated carbocycles. The Morgan fingerprint density at radius 2 is 1.81 bits per heavy atom. The van der Waals surface area contributed by atoms with Crippen LogP contribution in [0.4, 0.5) is 4.79 Å². The van der Waals surface area contributed by atoms with Gasteiger partial charge in [0.1, 0.15) is 11.7 Å². The molecule has 7 nitrogen and oxygen atoms in total. The van der Waals surface area contributed by atoms with Crippen molar-refractivity contribution in [2.24, 2.45) is 5.92 Å². The zero-order chi connectivity index (χ0) is 19.7. The number of methoxy groups -OCH3 is 1. The number of aliphatic hydroxyl groups is 1. The lowest BCUT2D eigenvalue weighted by atomic mass is 9.83. The van der Waals surface area contributed by atoms with Crippen molar-refractivity contribution in [2.45, 2.75) is 90.1 Å². The zero-order valence-corrected chi connectivity index (χ0v) is 16.7. The van der Waals surface area contributed by atoms with Gasteiger partial charge in [-0.05, 0) is 40.0 Å². The third kappa shape index (κ3) is 7.91. The molecule has 0 saturated heterocycles. The van der Waals surface area contributed by atoms with Crippen LogP contribution in [0.15, 0.2) is 0 Å². The first-order chi connectivity index (χ1) is 12.2. The van der Waals surface area contributed by atoms with Crippen LogP contribution in [0.5, 0.6) is 0 Å². The molecule has 0 aromatic rings. The van der Waals surface area contributed by atoms with Gasteiger partial charge in [0.25, 0.3) is 0 Å². The van der Waals surface area contributed by atoms with Crippen molar-refractivity contribution in [3.05, 3.63) is 0 Å². The Balaban J connectivity index is 2.85. The number of esters is 1. The first kappa shape index (κ1) is 22.7. The van der Waals surface area contributed by atoms with Gasteiger partial charge in [-0.1, -0.05) is 32.1 Å². The molecule has 0 aromatic heterocycles. The van der Waals surface area contributed by atoms with Crippen LogP contribution >= 0.6 is 0 Å². The summed E-state index contributed by atoms with van der Waals surface area (Å²) < 4.78 is 15.4. The standard InChI is InChI=1S/C19H35NO6/c1-6-25-17(22)16(24-5)15(21)14(12-13-10-8-7-9-11-13)20-18(23)26-19(2,3)4/h13-16,21H,6-12H2,1-5H3,(H,20,23). The van der Waals surface area contributed by atoms with Crippen LogP contribution < -0.4 is 5.32 Å². The number of amides is 1. The summed E-state index contributed by atoms with van der Waals surface area (Å²) in [6.07, 6.45) is 3.19. The fourth-order valence-corrected chi connectivity index (χ4v) is 3.34. The summed E-state index contributed by atoms with van der Waals surface area (Å²) in [7, 11) is 1.34. The van der Waals surface area contributed by atoms with Gasteiger partial charge in [-0.15, -0.1) is 0 Å². The van der Waals surface area contributed by atoms with Crippen LogP contribution in [0.1, 0.15) is 66.2 Å². The van der Waals surface area contributed by atoms with Gasteiger partial charge >= 0.3 is 12.1 Å². The second kappa shape index (κ2) is 10.7. The average Bonchev–Trinajstić information content (AvgIpc) is 2.54. The Morgan fingerprint density at radius 1 is 1.19 bits per heavy atom. The molecule has 26 heavy (non-hydrogen) atoms. The normalized spacial score (nSPS) is 19.3. The quantitative estimate of drug-likeness (QED) is 0.636. The molecule has 152 valence electrons. The lowest BCUT2D eigenvalue weighted by Crippen LogP contribution is -2.53. The van der Waals surface area contributed by atoms with Crippen LogP contribution in [0, 0.1) is 5.92 Å². The number of hydrogen-bond acceptors (Lipinski definition) is 6. The van der Waals surface area contributed by atoms with E-state index in [9.17, 15) is 14.7 Å². The number of nitrogens with one attached hydrogen (secondary N) is 1.